The Kier molecular flexibility index (Phi) is 1.64. The Labute approximate surface area is 99.3 Å². The first-order valence-electron chi connectivity index (χ1n) is 6.26. The molecule has 1 unspecified atom stereocenters. The quantitative estimate of drug-likeness (QED) is 0.671. The van der Waals surface area contributed by atoms with Crippen LogP contribution in [0.2, 0.25) is 0 Å². The molecular formula is C14H14N2O. The molecule has 0 bridgehead atoms. The zero-order chi connectivity index (χ0) is 11.5. The third-order valence-corrected chi connectivity index (χ3v) is 4.45. The fourth-order valence-corrected chi connectivity index (χ4v) is 3.46. The molecule has 1 saturated heterocycles. The molecule has 3 heteroatoms. The highest BCUT2D eigenvalue weighted by Gasteiger charge is 2.55. The van der Waals surface area contributed by atoms with Gasteiger partial charge in [-0.1, -0.05) is 24.6 Å². The normalized spacial score (nSPS) is 27.9. The van der Waals surface area contributed by atoms with E-state index in [-0.39, 0.29) is 17.4 Å². The summed E-state index contributed by atoms with van der Waals surface area (Å²) in [6, 6.07) is 8.37. The van der Waals surface area contributed by atoms with Crippen LogP contribution in [-0.2, 0) is 4.79 Å². The molecular weight excluding hydrogens is 212 g/mol. The summed E-state index contributed by atoms with van der Waals surface area (Å²) < 4.78 is 0. The molecule has 86 valence electrons. The van der Waals surface area contributed by atoms with Gasteiger partial charge in [-0.25, -0.2) is 0 Å². The molecule has 2 aliphatic heterocycles. The van der Waals surface area contributed by atoms with Crippen molar-refractivity contribution < 1.29 is 4.79 Å². The average molecular weight is 226 g/mol. The van der Waals surface area contributed by atoms with Gasteiger partial charge in [-0.3, -0.25) is 9.79 Å². The van der Waals surface area contributed by atoms with Crippen LogP contribution in [0.5, 0.6) is 0 Å². The van der Waals surface area contributed by atoms with Gasteiger partial charge in [-0.15, -0.1) is 0 Å². The van der Waals surface area contributed by atoms with Crippen LogP contribution in [0.3, 0.4) is 0 Å². The highest BCUT2D eigenvalue weighted by molar-refractivity contribution is 6.00. The van der Waals surface area contributed by atoms with Crippen molar-refractivity contribution in [2.75, 3.05) is 6.54 Å². The van der Waals surface area contributed by atoms with E-state index in [0.29, 0.717) is 6.54 Å². The van der Waals surface area contributed by atoms with Gasteiger partial charge in [-0.05, 0) is 24.5 Å². The lowest BCUT2D eigenvalue weighted by Gasteiger charge is -2.37. The molecule has 2 heterocycles. The summed E-state index contributed by atoms with van der Waals surface area (Å²) in [6.45, 7) is 0.708. The first-order chi connectivity index (χ1) is 8.31. The van der Waals surface area contributed by atoms with E-state index < -0.39 is 0 Å². The Hall–Kier alpha value is -1.64. The van der Waals surface area contributed by atoms with Gasteiger partial charge in [0.25, 0.3) is 0 Å². The monoisotopic (exact) mass is 226 g/mol. The Bertz CT molecular complexity index is 628. The number of rotatable bonds is 0. The number of fused-ring (bicyclic) bond motifs is 3. The largest absolute Gasteiger partial charge is 0.347 e. The van der Waals surface area contributed by atoms with Crippen molar-refractivity contribution in [2.45, 2.75) is 25.3 Å². The minimum absolute atomic E-state index is 0.151. The smallest absolute Gasteiger partial charge is 0.230 e. The van der Waals surface area contributed by atoms with Crippen molar-refractivity contribution in [3.05, 3.63) is 34.8 Å². The Balaban J connectivity index is 2.09. The van der Waals surface area contributed by atoms with E-state index in [9.17, 15) is 4.79 Å². The maximum Gasteiger partial charge on any atom is 0.230 e. The number of carbonyl (C=O) groups excluding carboxylic acids is 1. The number of hydrogen-bond acceptors (Lipinski definition) is 2. The van der Waals surface area contributed by atoms with Crippen molar-refractivity contribution in [3.8, 4) is 0 Å². The van der Waals surface area contributed by atoms with Gasteiger partial charge in [0.05, 0.1) is 23.4 Å². The Morgan fingerprint density at radius 1 is 1.29 bits per heavy atom. The molecule has 0 aromatic heterocycles. The molecule has 2 fully saturated rings. The molecule has 3 aliphatic rings. The fourth-order valence-electron chi connectivity index (χ4n) is 3.46. The van der Waals surface area contributed by atoms with Crippen molar-refractivity contribution in [3.63, 3.8) is 0 Å². The average Bonchev–Trinajstić information content (AvgIpc) is 2.61. The molecule has 1 aromatic rings. The van der Waals surface area contributed by atoms with Crippen LogP contribution in [0.1, 0.15) is 19.3 Å². The van der Waals surface area contributed by atoms with Crippen LogP contribution in [0.15, 0.2) is 29.3 Å². The van der Waals surface area contributed by atoms with E-state index >= 15 is 0 Å². The number of hydrogen-bond donors (Lipinski definition) is 1. The SMILES string of the molecule is O=C1NC2CN=c3ccccc3=C2C12CCC2. The number of nitrogens with zero attached hydrogens (tertiary/aromatic N) is 1. The zero-order valence-corrected chi connectivity index (χ0v) is 9.57. The minimum Gasteiger partial charge on any atom is -0.347 e. The Morgan fingerprint density at radius 2 is 2.12 bits per heavy atom. The van der Waals surface area contributed by atoms with Gasteiger partial charge in [0, 0.05) is 5.22 Å². The summed E-state index contributed by atoms with van der Waals surface area (Å²) in [6.07, 6.45) is 3.20. The van der Waals surface area contributed by atoms with Crippen LogP contribution in [0, 0.1) is 5.41 Å². The Morgan fingerprint density at radius 3 is 2.88 bits per heavy atom. The van der Waals surface area contributed by atoms with Crippen molar-refractivity contribution >= 4 is 11.5 Å². The third-order valence-electron chi connectivity index (χ3n) is 4.45. The van der Waals surface area contributed by atoms with Crippen LogP contribution < -0.4 is 15.9 Å². The molecule has 1 amide bonds. The summed E-state index contributed by atoms with van der Waals surface area (Å²) in [4.78, 5) is 16.7. The highest BCUT2D eigenvalue weighted by Crippen LogP contribution is 2.52. The lowest BCUT2D eigenvalue weighted by atomic mass is 9.63. The zero-order valence-electron chi connectivity index (χ0n) is 9.57. The number of para-hydroxylation sites is 1. The lowest BCUT2D eigenvalue weighted by Crippen LogP contribution is -2.43. The second-order valence-corrected chi connectivity index (χ2v) is 5.23. The topological polar surface area (TPSA) is 41.5 Å². The lowest BCUT2D eigenvalue weighted by molar-refractivity contribution is -0.129. The highest BCUT2D eigenvalue weighted by atomic mass is 16.2. The standard InChI is InChI=1S/C14H14N2O/c17-13-14(6-3-7-14)12-9-4-1-2-5-10(9)15-8-11(12)16-13/h1-2,4-5,11H,3,6-8H2,(H,16,17). The van der Waals surface area contributed by atoms with Crippen LogP contribution in [-0.4, -0.2) is 18.5 Å². The first-order valence-corrected chi connectivity index (χ1v) is 6.26. The van der Waals surface area contributed by atoms with E-state index in [1.165, 1.54) is 17.2 Å². The van der Waals surface area contributed by atoms with Gasteiger partial charge >= 0.3 is 0 Å². The fraction of sp³-hybridized carbons (Fsp3) is 0.429. The predicted octanol–water partition coefficient (Wildman–Crippen LogP) is 0.139. The van der Waals surface area contributed by atoms with Crippen LogP contribution in [0.25, 0.3) is 5.57 Å². The summed E-state index contributed by atoms with van der Waals surface area (Å²) in [7, 11) is 0. The summed E-state index contributed by atoms with van der Waals surface area (Å²) in [5.41, 5.74) is 1.14. The minimum atomic E-state index is -0.184. The maximum absolute atomic E-state index is 12.2. The molecule has 4 rings (SSSR count). The summed E-state index contributed by atoms with van der Waals surface area (Å²) in [5, 5.41) is 5.37. The number of amides is 1. The molecule has 1 aromatic carbocycles. The molecule has 0 radical (unpaired) electrons. The van der Waals surface area contributed by atoms with E-state index in [2.05, 4.69) is 16.4 Å². The third kappa shape index (κ3) is 1.02. The second kappa shape index (κ2) is 2.97. The number of nitrogens with one attached hydrogen (secondary N) is 1. The molecule has 1 N–H and O–H groups in total. The van der Waals surface area contributed by atoms with Crippen molar-refractivity contribution in [1.82, 2.24) is 5.32 Å². The molecule has 1 saturated carbocycles. The van der Waals surface area contributed by atoms with Gasteiger partial charge in [-0.2, -0.15) is 0 Å². The molecule has 17 heavy (non-hydrogen) atoms. The van der Waals surface area contributed by atoms with E-state index in [0.717, 1.165) is 18.2 Å². The molecule has 1 atom stereocenters. The molecule has 1 spiro atoms. The van der Waals surface area contributed by atoms with Crippen molar-refractivity contribution in [1.29, 1.82) is 0 Å². The first kappa shape index (κ1) is 9.40. The van der Waals surface area contributed by atoms with Crippen molar-refractivity contribution in [2.24, 2.45) is 10.4 Å². The van der Waals surface area contributed by atoms with Gasteiger partial charge in [0.1, 0.15) is 0 Å². The summed E-state index contributed by atoms with van der Waals surface area (Å²) >= 11 is 0. The van der Waals surface area contributed by atoms with E-state index in [4.69, 9.17) is 0 Å². The van der Waals surface area contributed by atoms with Gasteiger partial charge in [0.15, 0.2) is 0 Å². The maximum atomic E-state index is 12.2. The second-order valence-electron chi connectivity index (χ2n) is 5.23. The van der Waals surface area contributed by atoms with E-state index in [1.54, 1.807) is 0 Å². The van der Waals surface area contributed by atoms with Crippen LogP contribution in [0.4, 0.5) is 0 Å². The van der Waals surface area contributed by atoms with E-state index in [1.807, 2.05) is 18.2 Å². The van der Waals surface area contributed by atoms with Gasteiger partial charge in [0.2, 0.25) is 5.91 Å². The molecule has 3 nitrogen and oxygen atoms in total. The number of carbonyl (C=O) groups is 1. The summed E-state index contributed by atoms with van der Waals surface area (Å²) in [5.74, 6) is 0.232. The van der Waals surface area contributed by atoms with Crippen LogP contribution >= 0.6 is 0 Å². The molecule has 1 aliphatic carbocycles. The number of benzene rings is 1. The van der Waals surface area contributed by atoms with Gasteiger partial charge < -0.3 is 5.32 Å². The predicted molar refractivity (Wildman–Crippen MR) is 63.7 cm³/mol.